The molecule has 4 heterocycles. The maximum Gasteiger partial charge on any atom is 0.314 e. The summed E-state index contributed by atoms with van der Waals surface area (Å²) in [5.74, 6) is -1.87. The molecular formula is C18H19F3N6O4S2. The minimum Gasteiger partial charge on any atom is -0.414 e. The monoisotopic (exact) mass is 504 g/mol. The van der Waals surface area contributed by atoms with Crippen LogP contribution in [0.3, 0.4) is 0 Å². The van der Waals surface area contributed by atoms with Crippen molar-refractivity contribution >= 4 is 27.0 Å². The van der Waals surface area contributed by atoms with Crippen LogP contribution in [0.15, 0.2) is 29.1 Å². The lowest BCUT2D eigenvalue weighted by Gasteiger charge is -2.28. The summed E-state index contributed by atoms with van der Waals surface area (Å²) in [6.45, 7) is 2.38. The molecule has 3 aromatic heterocycles. The van der Waals surface area contributed by atoms with E-state index in [0.29, 0.717) is 36.2 Å². The van der Waals surface area contributed by atoms with Crippen LogP contribution in [-0.2, 0) is 21.3 Å². The second kappa shape index (κ2) is 10.1. The lowest BCUT2D eigenvalue weighted by Crippen LogP contribution is -2.42. The van der Waals surface area contributed by atoms with Crippen molar-refractivity contribution in [2.45, 2.75) is 13.0 Å². The fourth-order valence-corrected chi connectivity index (χ4v) is 5.45. The van der Waals surface area contributed by atoms with Crippen LogP contribution in [0.4, 0.5) is 18.9 Å². The van der Waals surface area contributed by atoms with Crippen LogP contribution in [0.25, 0.3) is 10.8 Å². The zero-order valence-electron chi connectivity index (χ0n) is 17.1. The number of halogens is 3. The summed E-state index contributed by atoms with van der Waals surface area (Å²) >= 11 is 1.00. The first-order valence-corrected chi connectivity index (χ1v) is 12.2. The zero-order valence-corrected chi connectivity index (χ0v) is 18.7. The van der Waals surface area contributed by atoms with Gasteiger partial charge in [0.15, 0.2) is 0 Å². The largest absolute Gasteiger partial charge is 0.414 e. The molecule has 0 N–H and O–H groups in total. The van der Waals surface area contributed by atoms with Gasteiger partial charge < -0.3 is 9.15 Å². The van der Waals surface area contributed by atoms with E-state index in [4.69, 9.17) is 9.15 Å². The van der Waals surface area contributed by atoms with Gasteiger partial charge in [-0.15, -0.1) is 21.5 Å². The molecule has 0 saturated carbocycles. The van der Waals surface area contributed by atoms with Crippen molar-refractivity contribution in [3.8, 4) is 10.8 Å². The molecule has 1 aliphatic heterocycles. The third kappa shape index (κ3) is 5.85. The number of morpholine rings is 1. The first-order chi connectivity index (χ1) is 15.8. The number of rotatable bonds is 9. The highest BCUT2D eigenvalue weighted by Gasteiger charge is 2.27. The number of aromatic nitrogens is 4. The normalized spacial score (nSPS) is 15.3. The molecule has 178 valence electrons. The number of nitrogens with zero attached hydrogens (tertiary/aromatic N) is 6. The highest BCUT2D eigenvalue weighted by molar-refractivity contribution is 7.92. The van der Waals surface area contributed by atoms with Crippen LogP contribution in [0.1, 0.15) is 17.3 Å². The van der Waals surface area contributed by atoms with Crippen LogP contribution in [0, 0.1) is 5.82 Å². The Kier molecular flexibility index (Phi) is 7.21. The van der Waals surface area contributed by atoms with Crippen molar-refractivity contribution in [3.63, 3.8) is 0 Å². The summed E-state index contributed by atoms with van der Waals surface area (Å²) < 4.78 is 76.9. The van der Waals surface area contributed by atoms with Crippen LogP contribution in [0.2, 0.25) is 0 Å². The average molecular weight is 505 g/mol. The zero-order chi connectivity index (χ0) is 23.4. The van der Waals surface area contributed by atoms with Gasteiger partial charge in [0.1, 0.15) is 15.7 Å². The second-order valence-electron chi connectivity index (χ2n) is 7.00. The Bertz CT molecular complexity index is 1180. The molecule has 0 radical (unpaired) electrons. The van der Waals surface area contributed by atoms with E-state index in [-0.39, 0.29) is 30.4 Å². The fourth-order valence-electron chi connectivity index (χ4n) is 3.09. The van der Waals surface area contributed by atoms with E-state index in [0.717, 1.165) is 27.9 Å². The molecule has 15 heteroatoms. The highest BCUT2D eigenvalue weighted by Crippen LogP contribution is 2.30. The van der Waals surface area contributed by atoms with Crippen LogP contribution < -0.4 is 4.31 Å². The van der Waals surface area contributed by atoms with E-state index in [9.17, 15) is 21.6 Å². The lowest BCUT2D eigenvalue weighted by atomic mass is 10.4. The molecule has 0 spiro atoms. The third-order valence-electron chi connectivity index (χ3n) is 4.75. The molecule has 0 atom stereocenters. The van der Waals surface area contributed by atoms with Crippen molar-refractivity contribution < 1.29 is 30.7 Å². The molecule has 0 unspecified atom stereocenters. The number of pyridine rings is 1. The molecule has 1 aliphatic rings. The summed E-state index contributed by atoms with van der Waals surface area (Å²) in [5.41, 5.74) is 0.0477. The molecule has 1 saturated heterocycles. The number of ether oxygens (including phenoxy) is 1. The Morgan fingerprint density at radius 1 is 1.18 bits per heavy atom. The Balaban J connectivity index is 1.55. The molecule has 0 aliphatic carbocycles. The smallest absolute Gasteiger partial charge is 0.314 e. The van der Waals surface area contributed by atoms with Gasteiger partial charge in [-0.05, 0) is 0 Å². The van der Waals surface area contributed by atoms with E-state index in [2.05, 4.69) is 20.2 Å². The summed E-state index contributed by atoms with van der Waals surface area (Å²) in [6, 6.07) is 1.07. The molecule has 0 amide bonds. The number of thiazole rings is 1. The van der Waals surface area contributed by atoms with Crippen molar-refractivity contribution in [1.29, 1.82) is 0 Å². The van der Waals surface area contributed by atoms with Gasteiger partial charge in [-0.1, -0.05) is 0 Å². The Morgan fingerprint density at radius 3 is 2.67 bits per heavy atom. The predicted octanol–water partition coefficient (Wildman–Crippen LogP) is 2.33. The number of alkyl halides is 2. The predicted molar refractivity (Wildman–Crippen MR) is 112 cm³/mol. The fraction of sp³-hybridized carbons (Fsp3) is 0.444. The number of sulfonamides is 1. The lowest BCUT2D eigenvalue weighted by molar-refractivity contribution is 0.0408. The van der Waals surface area contributed by atoms with E-state index in [1.165, 1.54) is 12.4 Å². The number of hydrogen-bond donors (Lipinski definition) is 0. The first-order valence-electron chi connectivity index (χ1n) is 9.79. The summed E-state index contributed by atoms with van der Waals surface area (Å²) in [4.78, 5) is 10.2. The minimum atomic E-state index is -3.89. The van der Waals surface area contributed by atoms with Crippen molar-refractivity contribution in [2.24, 2.45) is 0 Å². The Morgan fingerprint density at radius 2 is 1.97 bits per heavy atom. The third-order valence-corrected chi connectivity index (χ3v) is 7.43. The quantitative estimate of drug-likeness (QED) is 0.433. The van der Waals surface area contributed by atoms with Crippen molar-refractivity contribution in [1.82, 2.24) is 25.1 Å². The number of anilines is 1. The summed E-state index contributed by atoms with van der Waals surface area (Å²) in [6.07, 6.45) is 0.632. The maximum atomic E-state index is 13.8. The van der Waals surface area contributed by atoms with Gasteiger partial charge in [0.25, 0.3) is 11.8 Å². The van der Waals surface area contributed by atoms with Gasteiger partial charge >= 0.3 is 6.43 Å². The van der Waals surface area contributed by atoms with Gasteiger partial charge in [-0.3, -0.25) is 14.2 Å². The van der Waals surface area contributed by atoms with E-state index >= 15 is 0 Å². The molecule has 1 fully saturated rings. The molecule has 0 bridgehead atoms. The van der Waals surface area contributed by atoms with Gasteiger partial charge in [0.05, 0.1) is 49.8 Å². The van der Waals surface area contributed by atoms with Gasteiger partial charge in [-0.2, -0.15) is 8.78 Å². The molecule has 0 aromatic carbocycles. The molecular weight excluding hydrogens is 485 g/mol. The maximum absolute atomic E-state index is 13.8. The van der Waals surface area contributed by atoms with Crippen LogP contribution in [-0.4, -0.2) is 72.1 Å². The van der Waals surface area contributed by atoms with Crippen LogP contribution >= 0.6 is 11.3 Å². The minimum absolute atomic E-state index is 0.0477. The highest BCUT2D eigenvalue weighted by atomic mass is 32.2. The summed E-state index contributed by atoms with van der Waals surface area (Å²) in [5, 5.41) is 7.16. The van der Waals surface area contributed by atoms with Crippen molar-refractivity contribution in [2.75, 3.05) is 42.9 Å². The van der Waals surface area contributed by atoms with Gasteiger partial charge in [0.2, 0.25) is 10.0 Å². The standard InChI is InChI=1S/C18H19F3N6O4S2/c19-12-7-13(9-22-8-12)27(33(28,29)6-3-26-1-4-30-5-2-26)11-15-23-10-14(32-15)17-24-25-18(31-17)16(20)21/h7-10,16H,1-6,11H2. The Hall–Kier alpha value is -2.62. The van der Waals surface area contributed by atoms with E-state index in [1.807, 2.05) is 4.90 Å². The molecule has 4 rings (SSSR count). The molecule has 10 nitrogen and oxygen atoms in total. The Labute approximate surface area is 191 Å². The topological polar surface area (TPSA) is 115 Å². The van der Waals surface area contributed by atoms with Crippen LogP contribution in [0.5, 0.6) is 0 Å². The molecule has 3 aromatic rings. The second-order valence-corrected chi connectivity index (χ2v) is 10.1. The van der Waals surface area contributed by atoms with Gasteiger partial charge in [-0.25, -0.2) is 17.8 Å². The molecule has 33 heavy (non-hydrogen) atoms. The first kappa shape index (κ1) is 23.5. The van der Waals surface area contributed by atoms with Gasteiger partial charge in [0, 0.05) is 25.7 Å². The average Bonchev–Trinajstić information content (AvgIpc) is 3.46. The SMILES string of the molecule is O=S(=O)(CCN1CCOCC1)N(Cc1ncc(-c2nnc(C(F)F)o2)s1)c1cncc(F)c1. The summed E-state index contributed by atoms with van der Waals surface area (Å²) in [7, 11) is -3.89. The number of hydrogen-bond acceptors (Lipinski definition) is 10. The van der Waals surface area contributed by atoms with E-state index < -0.39 is 28.2 Å². The van der Waals surface area contributed by atoms with Crippen molar-refractivity contribution in [3.05, 3.63) is 41.4 Å². The van der Waals surface area contributed by atoms with E-state index in [1.54, 1.807) is 0 Å².